The highest BCUT2D eigenvalue weighted by molar-refractivity contribution is 7.07. The van der Waals surface area contributed by atoms with Crippen LogP contribution in [0.1, 0.15) is 36.9 Å². The Morgan fingerprint density at radius 1 is 1.06 bits per heavy atom. The van der Waals surface area contributed by atoms with Crippen LogP contribution in [-0.2, 0) is 16.0 Å². The number of carbonyl (C=O) groups excluding carboxylic acids is 2. The van der Waals surface area contributed by atoms with Crippen LogP contribution in [0.3, 0.4) is 0 Å². The lowest BCUT2D eigenvalue weighted by Gasteiger charge is -2.41. The topological polar surface area (TPSA) is 67.9 Å². The second-order valence-corrected chi connectivity index (χ2v) is 9.35. The monoisotopic (exact) mass is 478 g/mol. The summed E-state index contributed by atoms with van der Waals surface area (Å²) in [5, 5.41) is 7.35. The zero-order valence-electron chi connectivity index (χ0n) is 19.7. The van der Waals surface area contributed by atoms with E-state index in [1.807, 2.05) is 60.8 Å². The van der Waals surface area contributed by atoms with E-state index in [1.165, 1.54) is 5.56 Å². The van der Waals surface area contributed by atoms with Crippen LogP contribution in [0.2, 0.25) is 0 Å². The van der Waals surface area contributed by atoms with Gasteiger partial charge in [0.1, 0.15) is 11.5 Å². The molecule has 1 aliphatic heterocycles. The Morgan fingerprint density at radius 3 is 2.29 bits per heavy atom. The van der Waals surface area contributed by atoms with Gasteiger partial charge < -0.3 is 19.7 Å². The van der Waals surface area contributed by atoms with Crippen molar-refractivity contribution in [2.24, 2.45) is 5.92 Å². The first-order chi connectivity index (χ1) is 16.5. The Hall–Kier alpha value is -3.32. The molecular weight excluding hydrogens is 448 g/mol. The predicted octanol–water partition coefficient (Wildman–Crippen LogP) is 5.00. The highest BCUT2D eigenvalue weighted by Gasteiger charge is 2.41. The summed E-state index contributed by atoms with van der Waals surface area (Å²) in [5.41, 5.74) is 2.86. The third-order valence-corrected chi connectivity index (χ3v) is 6.98. The average molecular weight is 479 g/mol. The van der Waals surface area contributed by atoms with Gasteiger partial charge in [-0.05, 0) is 84.1 Å². The van der Waals surface area contributed by atoms with Crippen molar-refractivity contribution in [3.63, 3.8) is 0 Å². The number of hydrogen-bond acceptors (Lipinski definition) is 5. The second-order valence-electron chi connectivity index (χ2n) is 8.57. The number of amides is 2. The van der Waals surface area contributed by atoms with Crippen LogP contribution in [0.15, 0.2) is 65.4 Å². The van der Waals surface area contributed by atoms with Gasteiger partial charge in [-0.25, -0.2) is 0 Å². The van der Waals surface area contributed by atoms with Gasteiger partial charge in [-0.15, -0.1) is 0 Å². The van der Waals surface area contributed by atoms with Gasteiger partial charge in [0.2, 0.25) is 11.8 Å². The molecule has 0 bridgehead atoms. The Morgan fingerprint density at radius 2 is 1.71 bits per heavy atom. The fourth-order valence-corrected chi connectivity index (χ4v) is 5.24. The Bertz CT molecular complexity index is 1100. The molecular formula is C27H30N2O4S. The molecule has 0 spiro atoms. The van der Waals surface area contributed by atoms with E-state index in [0.717, 1.165) is 23.4 Å². The summed E-state index contributed by atoms with van der Waals surface area (Å²) >= 11 is 1.65. The number of thiophene rings is 1. The number of piperidine rings is 1. The maximum Gasteiger partial charge on any atom is 0.227 e. The Kier molecular flexibility index (Phi) is 7.53. The molecule has 6 nitrogen and oxygen atoms in total. The maximum absolute atomic E-state index is 13.5. The van der Waals surface area contributed by atoms with Crippen molar-refractivity contribution in [2.75, 3.05) is 19.1 Å². The lowest BCUT2D eigenvalue weighted by atomic mass is 9.83. The van der Waals surface area contributed by atoms with E-state index in [2.05, 4.69) is 16.8 Å². The summed E-state index contributed by atoms with van der Waals surface area (Å²) in [6, 6.07) is 16.7. The molecule has 2 heterocycles. The summed E-state index contributed by atoms with van der Waals surface area (Å²) in [5.74, 6) is 1.03. The number of nitrogens with one attached hydrogen (secondary N) is 1. The summed E-state index contributed by atoms with van der Waals surface area (Å²) in [4.78, 5) is 28.5. The quantitative estimate of drug-likeness (QED) is 0.495. The van der Waals surface area contributed by atoms with Crippen molar-refractivity contribution >= 4 is 28.8 Å². The van der Waals surface area contributed by atoms with Crippen molar-refractivity contribution in [1.82, 2.24) is 5.32 Å². The number of anilines is 1. The average Bonchev–Trinajstić information content (AvgIpc) is 3.36. The normalized spacial score (nSPS) is 18.9. The van der Waals surface area contributed by atoms with Gasteiger partial charge in [0.25, 0.3) is 0 Å². The standard InChI is InChI=1S/C27H30N2O4S/c1-18(16-19-14-15-34-17-19)28-27(31)24-12-13-25(30)29(21-6-10-23(33-3)11-7-21)26(24)20-4-8-22(32-2)9-5-20/h4-11,14-15,17-18,24,26H,12-13,16H2,1-3H3,(H,28,31). The van der Waals surface area contributed by atoms with Gasteiger partial charge in [-0.1, -0.05) is 12.1 Å². The molecule has 4 rings (SSSR count). The van der Waals surface area contributed by atoms with Gasteiger partial charge >= 0.3 is 0 Å². The van der Waals surface area contributed by atoms with Crippen LogP contribution >= 0.6 is 11.3 Å². The van der Waals surface area contributed by atoms with Gasteiger partial charge in [-0.3, -0.25) is 9.59 Å². The van der Waals surface area contributed by atoms with E-state index in [4.69, 9.17) is 9.47 Å². The Labute approximate surface area is 204 Å². The van der Waals surface area contributed by atoms with Crippen molar-refractivity contribution in [3.8, 4) is 11.5 Å². The molecule has 34 heavy (non-hydrogen) atoms. The minimum Gasteiger partial charge on any atom is -0.497 e. The van der Waals surface area contributed by atoms with Crippen molar-refractivity contribution < 1.29 is 19.1 Å². The summed E-state index contributed by atoms with van der Waals surface area (Å²) < 4.78 is 10.6. The van der Waals surface area contributed by atoms with Gasteiger partial charge in [0, 0.05) is 18.2 Å². The molecule has 0 saturated carbocycles. The van der Waals surface area contributed by atoms with E-state index in [-0.39, 0.29) is 23.8 Å². The lowest BCUT2D eigenvalue weighted by Crippen LogP contribution is -2.49. The van der Waals surface area contributed by atoms with E-state index in [0.29, 0.717) is 18.6 Å². The molecule has 1 fully saturated rings. The molecule has 1 aromatic heterocycles. The number of methoxy groups -OCH3 is 2. The number of nitrogens with zero attached hydrogens (tertiary/aromatic N) is 1. The van der Waals surface area contributed by atoms with Crippen molar-refractivity contribution in [1.29, 1.82) is 0 Å². The van der Waals surface area contributed by atoms with Crippen LogP contribution in [0.5, 0.6) is 11.5 Å². The molecule has 1 saturated heterocycles. The van der Waals surface area contributed by atoms with Crippen LogP contribution in [-0.4, -0.2) is 32.1 Å². The smallest absolute Gasteiger partial charge is 0.227 e. The molecule has 1 N–H and O–H groups in total. The molecule has 7 heteroatoms. The number of carbonyl (C=O) groups is 2. The van der Waals surface area contributed by atoms with E-state index in [9.17, 15) is 9.59 Å². The third-order valence-electron chi connectivity index (χ3n) is 6.25. The van der Waals surface area contributed by atoms with Gasteiger partial charge in [0.15, 0.2) is 0 Å². The molecule has 3 atom stereocenters. The van der Waals surface area contributed by atoms with E-state index >= 15 is 0 Å². The van der Waals surface area contributed by atoms with Gasteiger partial charge in [0.05, 0.1) is 26.2 Å². The molecule has 2 aromatic carbocycles. The minimum atomic E-state index is -0.422. The maximum atomic E-state index is 13.5. The van der Waals surface area contributed by atoms with Crippen molar-refractivity contribution in [2.45, 2.75) is 38.3 Å². The molecule has 0 aliphatic carbocycles. The molecule has 3 unspecified atom stereocenters. The highest BCUT2D eigenvalue weighted by Crippen LogP contribution is 2.41. The predicted molar refractivity (Wildman–Crippen MR) is 135 cm³/mol. The zero-order chi connectivity index (χ0) is 24.1. The summed E-state index contributed by atoms with van der Waals surface area (Å²) in [6.45, 7) is 2.02. The first-order valence-electron chi connectivity index (χ1n) is 11.4. The SMILES string of the molecule is COc1ccc(C2C(C(=O)NC(C)Cc3ccsc3)CCC(=O)N2c2ccc(OC)cc2)cc1. The van der Waals surface area contributed by atoms with E-state index < -0.39 is 6.04 Å². The number of hydrogen-bond donors (Lipinski definition) is 1. The van der Waals surface area contributed by atoms with E-state index in [1.54, 1.807) is 30.5 Å². The van der Waals surface area contributed by atoms with Gasteiger partial charge in [-0.2, -0.15) is 11.3 Å². The Balaban J connectivity index is 1.65. The summed E-state index contributed by atoms with van der Waals surface area (Å²) in [6.07, 6.45) is 1.59. The molecule has 2 amide bonds. The van der Waals surface area contributed by atoms with Crippen LogP contribution < -0.4 is 19.7 Å². The second kappa shape index (κ2) is 10.7. The molecule has 178 valence electrons. The first kappa shape index (κ1) is 23.8. The summed E-state index contributed by atoms with van der Waals surface area (Å²) in [7, 11) is 3.23. The van der Waals surface area contributed by atoms with Crippen LogP contribution in [0.25, 0.3) is 0 Å². The molecule has 1 aliphatic rings. The zero-order valence-corrected chi connectivity index (χ0v) is 20.5. The molecule has 0 radical (unpaired) electrons. The lowest BCUT2D eigenvalue weighted by molar-refractivity contribution is -0.129. The third kappa shape index (κ3) is 5.25. The van der Waals surface area contributed by atoms with Crippen LogP contribution in [0, 0.1) is 5.92 Å². The first-order valence-corrected chi connectivity index (χ1v) is 12.4. The highest BCUT2D eigenvalue weighted by atomic mass is 32.1. The fourth-order valence-electron chi connectivity index (χ4n) is 4.56. The minimum absolute atomic E-state index is 0.00126. The number of benzene rings is 2. The largest absolute Gasteiger partial charge is 0.497 e. The number of rotatable bonds is 8. The fraction of sp³-hybridized carbons (Fsp3) is 0.333. The van der Waals surface area contributed by atoms with Crippen molar-refractivity contribution in [3.05, 3.63) is 76.5 Å². The molecule has 3 aromatic rings. The number of ether oxygens (including phenoxy) is 2. The van der Waals surface area contributed by atoms with Crippen LogP contribution in [0.4, 0.5) is 5.69 Å².